The Bertz CT molecular complexity index is 722. The second-order valence-corrected chi connectivity index (χ2v) is 7.12. The normalized spacial score (nSPS) is 12.6. The fourth-order valence-electron chi connectivity index (χ4n) is 3.53. The molecule has 1 N–H and O–H groups in total. The number of aliphatic hydroxyl groups is 1. The highest BCUT2D eigenvalue weighted by molar-refractivity contribution is 5.47. The molecule has 0 aliphatic heterocycles. The molecule has 1 unspecified atom stereocenters. The van der Waals surface area contributed by atoms with Gasteiger partial charge in [-0.15, -0.1) is 0 Å². The van der Waals surface area contributed by atoms with Crippen molar-refractivity contribution in [2.75, 3.05) is 19.8 Å². The predicted octanol–water partition coefficient (Wildman–Crippen LogP) is 5.17. The highest BCUT2D eigenvalue weighted by atomic mass is 16.5. The number of rotatable bonds is 11. The smallest absolute Gasteiger partial charge is 0.143 e. The fourth-order valence-corrected chi connectivity index (χ4v) is 3.53. The number of unbranched alkanes of at least 4 members (excludes halogenated alkanes) is 1. The number of ether oxygens (including phenoxy) is 2. The van der Waals surface area contributed by atoms with Crippen molar-refractivity contribution in [3.05, 3.63) is 108 Å². The molecule has 0 spiro atoms. The zero-order valence-corrected chi connectivity index (χ0v) is 17.0. The third-order valence-corrected chi connectivity index (χ3v) is 5.08. The van der Waals surface area contributed by atoms with Crippen LogP contribution in [0.25, 0.3) is 0 Å². The number of hydrogen-bond donors (Lipinski definition) is 1. The van der Waals surface area contributed by atoms with Gasteiger partial charge in [0.1, 0.15) is 11.7 Å². The van der Waals surface area contributed by atoms with Gasteiger partial charge < -0.3 is 14.6 Å². The van der Waals surface area contributed by atoms with Gasteiger partial charge in [-0.3, -0.25) is 0 Å². The standard InChI is InChI=1S/C26H30O3/c1-2-3-19-28-25(20-27)21-29-26(22-13-7-4-8-14-22,23-15-9-5-10-16-23)24-17-11-6-12-18-24/h4-18,25,27H,2-3,19-21H2,1H3. The summed E-state index contributed by atoms with van der Waals surface area (Å²) >= 11 is 0. The van der Waals surface area contributed by atoms with E-state index in [-0.39, 0.29) is 12.7 Å². The highest BCUT2D eigenvalue weighted by Gasteiger charge is 2.38. The van der Waals surface area contributed by atoms with E-state index in [1.807, 2.05) is 54.6 Å². The predicted molar refractivity (Wildman–Crippen MR) is 117 cm³/mol. The Morgan fingerprint density at radius 2 is 1.21 bits per heavy atom. The van der Waals surface area contributed by atoms with Crippen molar-refractivity contribution < 1.29 is 14.6 Å². The minimum Gasteiger partial charge on any atom is -0.394 e. The number of aliphatic hydroxyl groups excluding tert-OH is 1. The van der Waals surface area contributed by atoms with Crippen LogP contribution in [0.3, 0.4) is 0 Å². The van der Waals surface area contributed by atoms with Crippen LogP contribution in [0.1, 0.15) is 36.5 Å². The van der Waals surface area contributed by atoms with Crippen LogP contribution in [0.15, 0.2) is 91.0 Å². The van der Waals surface area contributed by atoms with Gasteiger partial charge in [-0.2, -0.15) is 0 Å². The van der Waals surface area contributed by atoms with E-state index in [1.165, 1.54) is 0 Å². The third-order valence-electron chi connectivity index (χ3n) is 5.08. The molecule has 0 amide bonds. The summed E-state index contributed by atoms with van der Waals surface area (Å²) in [6.45, 7) is 2.97. The zero-order valence-electron chi connectivity index (χ0n) is 17.0. The molecule has 1 atom stereocenters. The Labute approximate surface area is 173 Å². The molecule has 0 aromatic heterocycles. The van der Waals surface area contributed by atoms with Crippen LogP contribution in [0.2, 0.25) is 0 Å². The molecule has 3 aromatic rings. The van der Waals surface area contributed by atoms with Crippen molar-refractivity contribution in [3.8, 4) is 0 Å². The molecule has 3 heteroatoms. The molecule has 0 bridgehead atoms. The van der Waals surface area contributed by atoms with Crippen molar-refractivity contribution in [2.24, 2.45) is 0 Å². The Morgan fingerprint density at radius 1 is 0.759 bits per heavy atom. The maximum Gasteiger partial charge on any atom is 0.143 e. The van der Waals surface area contributed by atoms with E-state index in [4.69, 9.17) is 9.47 Å². The Hall–Kier alpha value is -2.46. The topological polar surface area (TPSA) is 38.7 Å². The molecule has 0 aliphatic carbocycles. The van der Waals surface area contributed by atoms with Gasteiger partial charge in [0.25, 0.3) is 0 Å². The quantitative estimate of drug-likeness (QED) is 0.362. The van der Waals surface area contributed by atoms with Crippen LogP contribution < -0.4 is 0 Å². The SMILES string of the molecule is CCCCOC(CO)COC(c1ccccc1)(c1ccccc1)c1ccccc1. The van der Waals surface area contributed by atoms with E-state index in [0.29, 0.717) is 13.2 Å². The molecule has 3 nitrogen and oxygen atoms in total. The Kier molecular flexibility index (Phi) is 8.00. The monoisotopic (exact) mass is 390 g/mol. The molecule has 0 saturated heterocycles. The summed E-state index contributed by atoms with van der Waals surface area (Å²) in [4.78, 5) is 0. The summed E-state index contributed by atoms with van der Waals surface area (Å²) in [6.07, 6.45) is 1.66. The van der Waals surface area contributed by atoms with Crippen LogP contribution in [0, 0.1) is 0 Å². The molecular weight excluding hydrogens is 360 g/mol. The lowest BCUT2D eigenvalue weighted by molar-refractivity contribution is -0.0811. The average Bonchev–Trinajstić information content (AvgIpc) is 2.80. The zero-order chi connectivity index (χ0) is 20.4. The van der Waals surface area contributed by atoms with Crippen molar-refractivity contribution in [2.45, 2.75) is 31.5 Å². The first-order valence-electron chi connectivity index (χ1n) is 10.3. The Morgan fingerprint density at radius 3 is 1.59 bits per heavy atom. The van der Waals surface area contributed by atoms with Gasteiger partial charge >= 0.3 is 0 Å². The summed E-state index contributed by atoms with van der Waals surface area (Å²) in [5.74, 6) is 0. The van der Waals surface area contributed by atoms with Gasteiger partial charge in [0.2, 0.25) is 0 Å². The molecule has 152 valence electrons. The molecule has 0 aliphatic rings. The Balaban J connectivity index is 2.03. The van der Waals surface area contributed by atoms with Gasteiger partial charge in [0, 0.05) is 6.61 Å². The molecule has 0 radical (unpaired) electrons. The van der Waals surface area contributed by atoms with E-state index >= 15 is 0 Å². The average molecular weight is 391 g/mol. The van der Waals surface area contributed by atoms with Crippen LogP contribution >= 0.6 is 0 Å². The first-order chi connectivity index (χ1) is 14.3. The van der Waals surface area contributed by atoms with Crippen LogP contribution in [0.4, 0.5) is 0 Å². The third kappa shape index (κ3) is 5.13. The van der Waals surface area contributed by atoms with Gasteiger partial charge in [-0.25, -0.2) is 0 Å². The summed E-state index contributed by atoms with van der Waals surface area (Å²) in [6, 6.07) is 30.7. The van der Waals surface area contributed by atoms with Crippen molar-refractivity contribution in [1.29, 1.82) is 0 Å². The van der Waals surface area contributed by atoms with E-state index in [1.54, 1.807) is 0 Å². The van der Waals surface area contributed by atoms with Crippen molar-refractivity contribution in [3.63, 3.8) is 0 Å². The van der Waals surface area contributed by atoms with E-state index in [0.717, 1.165) is 29.5 Å². The highest BCUT2D eigenvalue weighted by Crippen LogP contribution is 2.40. The van der Waals surface area contributed by atoms with Crippen LogP contribution in [0.5, 0.6) is 0 Å². The van der Waals surface area contributed by atoms with E-state index < -0.39 is 5.60 Å². The largest absolute Gasteiger partial charge is 0.394 e. The van der Waals surface area contributed by atoms with Gasteiger partial charge in [0.15, 0.2) is 0 Å². The lowest BCUT2D eigenvalue weighted by Gasteiger charge is -2.37. The van der Waals surface area contributed by atoms with Gasteiger partial charge in [-0.1, -0.05) is 104 Å². The molecular formula is C26H30O3. The summed E-state index contributed by atoms with van der Waals surface area (Å²) in [5, 5.41) is 9.83. The first-order valence-corrected chi connectivity index (χ1v) is 10.3. The second kappa shape index (κ2) is 10.9. The first kappa shape index (κ1) is 21.3. The minimum atomic E-state index is -0.786. The number of hydrogen-bond acceptors (Lipinski definition) is 3. The summed E-state index contributed by atoms with van der Waals surface area (Å²) < 4.78 is 12.5. The maximum absolute atomic E-state index is 9.83. The van der Waals surface area contributed by atoms with Gasteiger partial charge in [0.05, 0.1) is 13.2 Å². The molecule has 29 heavy (non-hydrogen) atoms. The molecule has 0 fully saturated rings. The molecule has 0 heterocycles. The molecule has 3 aromatic carbocycles. The fraction of sp³-hybridized carbons (Fsp3) is 0.308. The summed E-state index contributed by atoms with van der Waals surface area (Å²) in [5.41, 5.74) is 2.35. The van der Waals surface area contributed by atoms with Crippen LogP contribution in [-0.2, 0) is 15.1 Å². The van der Waals surface area contributed by atoms with Crippen molar-refractivity contribution in [1.82, 2.24) is 0 Å². The number of benzene rings is 3. The van der Waals surface area contributed by atoms with E-state index in [9.17, 15) is 5.11 Å². The van der Waals surface area contributed by atoms with E-state index in [2.05, 4.69) is 43.3 Å². The molecule has 3 rings (SSSR count). The molecule has 0 saturated carbocycles. The van der Waals surface area contributed by atoms with Crippen molar-refractivity contribution >= 4 is 0 Å². The minimum absolute atomic E-state index is 0.0713. The second-order valence-electron chi connectivity index (χ2n) is 7.12. The summed E-state index contributed by atoms with van der Waals surface area (Å²) in [7, 11) is 0. The maximum atomic E-state index is 9.83. The lowest BCUT2D eigenvalue weighted by atomic mass is 9.80. The van der Waals surface area contributed by atoms with Gasteiger partial charge in [-0.05, 0) is 23.1 Å². The lowest BCUT2D eigenvalue weighted by Crippen LogP contribution is -2.37. The van der Waals surface area contributed by atoms with Crippen LogP contribution in [-0.4, -0.2) is 31.0 Å².